The van der Waals surface area contributed by atoms with Crippen molar-refractivity contribution in [3.05, 3.63) is 24.3 Å². The molecule has 2 aliphatic rings. The van der Waals surface area contributed by atoms with Crippen molar-refractivity contribution in [2.24, 2.45) is 5.92 Å². The molecule has 3 heterocycles. The fourth-order valence-corrected chi connectivity index (χ4v) is 3.74. The fourth-order valence-electron chi connectivity index (χ4n) is 2.89. The summed E-state index contributed by atoms with van der Waals surface area (Å²) < 4.78 is 30.6. The number of rotatable bonds is 2. The van der Waals surface area contributed by atoms with Gasteiger partial charge in [-0.1, -0.05) is 0 Å². The average molecular weight is 283 g/mol. The molecule has 1 aromatic rings. The van der Waals surface area contributed by atoms with E-state index in [1.807, 2.05) is 6.07 Å². The molecule has 0 unspecified atom stereocenters. The molecule has 3 atom stereocenters. The van der Waals surface area contributed by atoms with Crippen molar-refractivity contribution in [3.8, 4) is 0 Å². The van der Waals surface area contributed by atoms with Crippen LogP contribution in [0, 0.1) is 5.92 Å². The van der Waals surface area contributed by atoms with Crippen LogP contribution in [-0.4, -0.2) is 48.1 Å². The van der Waals surface area contributed by atoms with Crippen LogP contribution in [0.3, 0.4) is 0 Å². The Kier molecular flexibility index (Phi) is 3.28. The molecule has 0 saturated carbocycles. The molecule has 19 heavy (non-hydrogen) atoms. The first-order chi connectivity index (χ1) is 9.04. The van der Waals surface area contributed by atoms with Crippen molar-refractivity contribution in [3.63, 3.8) is 0 Å². The van der Waals surface area contributed by atoms with Gasteiger partial charge in [-0.15, -0.1) is 0 Å². The number of fused-ring (bicyclic) bond motifs is 1. The predicted molar refractivity (Wildman–Crippen MR) is 68.8 cm³/mol. The lowest BCUT2D eigenvalue weighted by Crippen LogP contribution is -2.44. The lowest BCUT2D eigenvalue weighted by atomic mass is 9.92. The summed E-state index contributed by atoms with van der Waals surface area (Å²) in [5, 5.41) is 0. The molecule has 3 rings (SSSR count). The first-order valence-electron chi connectivity index (χ1n) is 6.40. The number of ether oxygens (including phenoxy) is 1. The van der Waals surface area contributed by atoms with Gasteiger partial charge in [0.15, 0.2) is 0 Å². The Morgan fingerprint density at radius 2 is 2.32 bits per heavy atom. The summed E-state index contributed by atoms with van der Waals surface area (Å²) >= 11 is 0. The Bertz CT molecular complexity index is 549. The van der Waals surface area contributed by atoms with Crippen LogP contribution < -0.4 is 0 Å². The van der Waals surface area contributed by atoms with E-state index in [-0.39, 0.29) is 12.2 Å². The Hall–Kier alpha value is -1.05. The third kappa shape index (κ3) is 2.63. The number of nitrogens with zero attached hydrogens (tertiary/aromatic N) is 3. The lowest BCUT2D eigenvalue weighted by molar-refractivity contribution is 0.00872. The molecule has 0 bridgehead atoms. The first-order valence-corrected chi connectivity index (χ1v) is 8.25. The van der Waals surface area contributed by atoms with E-state index < -0.39 is 10.0 Å². The lowest BCUT2D eigenvalue weighted by Gasteiger charge is -2.32. The summed E-state index contributed by atoms with van der Waals surface area (Å²) in [4.78, 5) is 8.12. The van der Waals surface area contributed by atoms with Crippen LogP contribution in [0.25, 0.3) is 0 Å². The summed E-state index contributed by atoms with van der Waals surface area (Å²) in [6.07, 6.45) is 6.21. The van der Waals surface area contributed by atoms with Gasteiger partial charge < -0.3 is 4.74 Å². The highest BCUT2D eigenvalue weighted by Gasteiger charge is 2.41. The van der Waals surface area contributed by atoms with E-state index in [4.69, 9.17) is 4.74 Å². The maximum absolute atomic E-state index is 11.6. The van der Waals surface area contributed by atoms with E-state index in [9.17, 15) is 8.42 Å². The van der Waals surface area contributed by atoms with Gasteiger partial charge in [-0.05, 0) is 24.8 Å². The molecule has 2 fully saturated rings. The van der Waals surface area contributed by atoms with E-state index in [2.05, 4.69) is 9.97 Å². The molecule has 7 heteroatoms. The second kappa shape index (κ2) is 4.81. The zero-order chi connectivity index (χ0) is 13.5. The molecule has 0 aliphatic carbocycles. The topological polar surface area (TPSA) is 72.4 Å². The molecule has 2 saturated heterocycles. The summed E-state index contributed by atoms with van der Waals surface area (Å²) in [7, 11) is -3.12. The summed E-state index contributed by atoms with van der Waals surface area (Å²) in [6.45, 7) is 1.06. The van der Waals surface area contributed by atoms with Crippen molar-refractivity contribution in [2.75, 3.05) is 19.3 Å². The van der Waals surface area contributed by atoms with Gasteiger partial charge >= 0.3 is 0 Å². The Morgan fingerprint density at radius 3 is 3.00 bits per heavy atom. The molecule has 6 nitrogen and oxygen atoms in total. The van der Waals surface area contributed by atoms with Crippen LogP contribution in [0.1, 0.15) is 24.6 Å². The van der Waals surface area contributed by atoms with Crippen LogP contribution in [0.2, 0.25) is 0 Å². The van der Waals surface area contributed by atoms with E-state index in [0.29, 0.717) is 19.0 Å². The zero-order valence-electron chi connectivity index (χ0n) is 10.8. The number of piperidine rings is 1. The molecule has 104 valence electrons. The van der Waals surface area contributed by atoms with E-state index >= 15 is 0 Å². The second-order valence-corrected chi connectivity index (χ2v) is 7.19. The third-order valence-electron chi connectivity index (χ3n) is 3.92. The van der Waals surface area contributed by atoms with Crippen molar-refractivity contribution < 1.29 is 13.2 Å². The van der Waals surface area contributed by atoms with Crippen LogP contribution in [0.15, 0.2) is 18.6 Å². The number of aromatic nitrogens is 2. The zero-order valence-corrected chi connectivity index (χ0v) is 11.6. The Morgan fingerprint density at radius 1 is 1.47 bits per heavy atom. The Labute approximate surface area is 112 Å². The van der Waals surface area contributed by atoms with Gasteiger partial charge in [0, 0.05) is 19.3 Å². The number of hydrogen-bond acceptors (Lipinski definition) is 5. The molecule has 1 aromatic heterocycles. The van der Waals surface area contributed by atoms with Crippen LogP contribution >= 0.6 is 0 Å². The highest BCUT2D eigenvalue weighted by Crippen LogP contribution is 2.40. The normalized spacial score (nSPS) is 32.2. The molecule has 0 aromatic carbocycles. The first kappa shape index (κ1) is 13.0. The van der Waals surface area contributed by atoms with E-state index in [1.54, 1.807) is 6.20 Å². The minimum atomic E-state index is -3.12. The van der Waals surface area contributed by atoms with Crippen molar-refractivity contribution in [1.29, 1.82) is 0 Å². The predicted octanol–water partition coefficient (Wildman–Crippen LogP) is 0.588. The van der Waals surface area contributed by atoms with Gasteiger partial charge in [-0.25, -0.2) is 18.4 Å². The molecule has 0 spiro atoms. The molecule has 0 amide bonds. The summed E-state index contributed by atoms with van der Waals surface area (Å²) in [5.74, 6) is 0.429. The van der Waals surface area contributed by atoms with Crippen molar-refractivity contribution >= 4 is 10.0 Å². The maximum atomic E-state index is 11.6. The SMILES string of the molecule is CS(=O)(=O)N1CC[C@@H]2C[C@H](c3ccncn3)O[C@H]2C1. The average Bonchev–Trinajstić information content (AvgIpc) is 2.81. The maximum Gasteiger partial charge on any atom is 0.211 e. The largest absolute Gasteiger partial charge is 0.367 e. The Balaban J connectivity index is 1.72. The molecule has 2 aliphatic heterocycles. The van der Waals surface area contributed by atoms with E-state index in [0.717, 1.165) is 18.5 Å². The molecular weight excluding hydrogens is 266 g/mol. The fraction of sp³-hybridized carbons (Fsp3) is 0.667. The van der Waals surface area contributed by atoms with Gasteiger partial charge in [-0.2, -0.15) is 4.31 Å². The number of hydrogen-bond donors (Lipinski definition) is 0. The van der Waals surface area contributed by atoms with Crippen LogP contribution in [0.5, 0.6) is 0 Å². The van der Waals surface area contributed by atoms with Crippen molar-refractivity contribution in [1.82, 2.24) is 14.3 Å². The molecule has 0 radical (unpaired) electrons. The monoisotopic (exact) mass is 283 g/mol. The quantitative estimate of drug-likeness (QED) is 0.794. The minimum Gasteiger partial charge on any atom is -0.367 e. The van der Waals surface area contributed by atoms with Gasteiger partial charge in [0.25, 0.3) is 0 Å². The van der Waals surface area contributed by atoms with E-state index in [1.165, 1.54) is 16.9 Å². The van der Waals surface area contributed by atoms with Gasteiger partial charge in [0.1, 0.15) is 12.4 Å². The van der Waals surface area contributed by atoms with Crippen LogP contribution in [0.4, 0.5) is 0 Å². The van der Waals surface area contributed by atoms with Gasteiger partial charge in [0.05, 0.1) is 18.1 Å². The standard InChI is InChI=1S/C12H17N3O3S/c1-19(16,17)15-5-3-9-6-11(18-12(9)7-15)10-2-4-13-8-14-10/h2,4,8-9,11-12H,3,5-7H2,1H3/t9-,11-,12+/m1/s1. The minimum absolute atomic E-state index is 0.0107. The highest BCUT2D eigenvalue weighted by atomic mass is 32.2. The second-order valence-electron chi connectivity index (χ2n) is 5.20. The van der Waals surface area contributed by atoms with Crippen LogP contribution in [-0.2, 0) is 14.8 Å². The highest BCUT2D eigenvalue weighted by molar-refractivity contribution is 7.88. The molecular formula is C12H17N3O3S. The summed E-state index contributed by atoms with van der Waals surface area (Å²) in [6, 6.07) is 1.86. The summed E-state index contributed by atoms with van der Waals surface area (Å²) in [5.41, 5.74) is 0.885. The van der Waals surface area contributed by atoms with Gasteiger partial charge in [-0.3, -0.25) is 0 Å². The molecule has 0 N–H and O–H groups in total. The smallest absolute Gasteiger partial charge is 0.211 e. The number of sulfonamides is 1. The third-order valence-corrected chi connectivity index (χ3v) is 5.19. The van der Waals surface area contributed by atoms with Crippen molar-refractivity contribution in [2.45, 2.75) is 25.0 Å². The van der Waals surface area contributed by atoms with Gasteiger partial charge in [0.2, 0.25) is 10.0 Å².